The summed E-state index contributed by atoms with van der Waals surface area (Å²) in [6.45, 7) is 20.2. The summed E-state index contributed by atoms with van der Waals surface area (Å²) >= 11 is 0. The fraction of sp³-hybridized carbons (Fsp3) is 0.438. The Morgan fingerprint density at radius 1 is 0.921 bits per heavy atom. The maximum Gasteiger partial charge on any atom is 0.408 e. The number of carbonyl (C=O) groups excluding carboxylic acids is 4. The molecule has 1 saturated carbocycles. The molecule has 5 atom stereocenters. The molecule has 4 aromatic rings. The zero-order valence-electron chi connectivity index (χ0n) is 37.7. The maximum atomic E-state index is 14.8. The summed E-state index contributed by atoms with van der Waals surface area (Å²) in [6.07, 6.45) is -0.0304. The molecule has 1 aliphatic carbocycles. The van der Waals surface area contributed by atoms with Gasteiger partial charge in [0.15, 0.2) is 0 Å². The Morgan fingerprint density at radius 3 is 2.16 bits per heavy atom. The van der Waals surface area contributed by atoms with Crippen molar-refractivity contribution in [2.45, 2.75) is 115 Å². The Bertz CT molecular complexity index is 2510. The number of alkyl carbamates (subject to hydrolysis) is 1. The van der Waals surface area contributed by atoms with Crippen LogP contribution >= 0.6 is 0 Å². The van der Waals surface area contributed by atoms with E-state index in [9.17, 15) is 27.6 Å². The first-order chi connectivity index (χ1) is 29.3. The van der Waals surface area contributed by atoms with Crippen LogP contribution in [0.1, 0.15) is 80.7 Å². The van der Waals surface area contributed by atoms with Crippen LogP contribution in [0.25, 0.3) is 22.2 Å². The summed E-state index contributed by atoms with van der Waals surface area (Å²) in [5, 5.41) is 6.23. The fourth-order valence-electron chi connectivity index (χ4n) is 7.70. The van der Waals surface area contributed by atoms with E-state index in [0.717, 1.165) is 11.1 Å². The Kier molecular flexibility index (Phi) is 12.8. The van der Waals surface area contributed by atoms with Crippen LogP contribution < -0.4 is 24.8 Å². The molecular weight excluding hydrogens is 823 g/mol. The molecule has 2 aliphatic rings. The van der Waals surface area contributed by atoms with Crippen molar-refractivity contribution in [2.24, 2.45) is 11.3 Å². The van der Waals surface area contributed by atoms with E-state index in [1.54, 1.807) is 79.0 Å². The van der Waals surface area contributed by atoms with Gasteiger partial charge in [0.05, 0.1) is 29.8 Å². The lowest BCUT2D eigenvalue weighted by molar-refractivity contribution is -0.143. The molecule has 3 N–H and O–H groups in total. The first-order valence-corrected chi connectivity index (χ1v) is 22.5. The van der Waals surface area contributed by atoms with Crippen molar-refractivity contribution in [3.8, 4) is 22.8 Å². The molecule has 2 fully saturated rings. The second-order valence-electron chi connectivity index (χ2n) is 19.4. The summed E-state index contributed by atoms with van der Waals surface area (Å²) in [6, 6.07) is 20.6. The highest BCUT2D eigenvalue weighted by atomic mass is 32.2. The number of hydrogen-bond acceptors (Lipinski definition) is 10. The van der Waals surface area contributed by atoms with Gasteiger partial charge in [0.1, 0.15) is 40.8 Å². The molecule has 14 nitrogen and oxygen atoms in total. The largest absolute Gasteiger partial charge is 0.497 e. The van der Waals surface area contributed by atoms with E-state index in [0.29, 0.717) is 28.1 Å². The highest BCUT2D eigenvalue weighted by molar-refractivity contribution is 7.90. The predicted molar refractivity (Wildman–Crippen MR) is 241 cm³/mol. The number of hydrogen-bond donors (Lipinski definition) is 3. The Morgan fingerprint density at radius 2 is 1.59 bits per heavy atom. The number of fused-ring (bicyclic) bond motifs is 1. The van der Waals surface area contributed by atoms with Gasteiger partial charge in [-0.3, -0.25) is 14.4 Å². The molecule has 15 heteroatoms. The number of pyridine rings is 1. The van der Waals surface area contributed by atoms with Crippen LogP contribution in [-0.4, -0.2) is 85.1 Å². The minimum absolute atomic E-state index is 0.0175. The van der Waals surface area contributed by atoms with Crippen LogP contribution in [0.3, 0.4) is 0 Å². The lowest BCUT2D eigenvalue weighted by Gasteiger charge is -2.36. The molecule has 0 radical (unpaired) electrons. The third kappa shape index (κ3) is 10.5. The van der Waals surface area contributed by atoms with Crippen molar-refractivity contribution in [1.82, 2.24) is 25.2 Å². The number of nitrogens with one attached hydrogen (secondary N) is 3. The number of rotatable bonds is 12. The zero-order valence-corrected chi connectivity index (χ0v) is 38.5. The normalized spacial score (nSPS) is 20.6. The summed E-state index contributed by atoms with van der Waals surface area (Å²) < 4.78 is 47.1. The first kappa shape index (κ1) is 46.5. The van der Waals surface area contributed by atoms with Crippen molar-refractivity contribution in [2.75, 3.05) is 13.7 Å². The standard InChI is InChI=1S/C48H59N5O9S/c1-12-30-27-48(30,43(56)52-63(58,59)34-21-18-31(19-22-34)45(2,3)4)51-41(54)38-25-33(28-53(38)42(55)40(46(5,6)7)50-44(57)62-47(8,9)10)61-39-26-36(29-16-14-13-15-17-29)49-37-24-32(60-11)20-23-35(37)39/h12-24,26,30,33,38,40H,1,25,27-28H2,2-11H3,(H,50,57)(H,51,54)(H,52,56)/t30-,33-,38+,40-,48-/m1/s1. The summed E-state index contributed by atoms with van der Waals surface area (Å²) in [4.78, 5) is 62.8. The van der Waals surface area contributed by atoms with Crippen molar-refractivity contribution >= 4 is 44.7 Å². The van der Waals surface area contributed by atoms with Crippen molar-refractivity contribution < 1.29 is 41.8 Å². The summed E-state index contributed by atoms with van der Waals surface area (Å²) in [7, 11) is -2.79. The summed E-state index contributed by atoms with van der Waals surface area (Å²) in [5.74, 6) is -1.79. The molecule has 1 aromatic heterocycles. The van der Waals surface area contributed by atoms with Crippen LogP contribution in [-0.2, 0) is 34.6 Å². The van der Waals surface area contributed by atoms with Gasteiger partial charge in [-0.15, -0.1) is 6.58 Å². The molecule has 4 amide bonds. The maximum absolute atomic E-state index is 14.8. The molecule has 2 heterocycles. The number of sulfonamides is 1. The van der Waals surface area contributed by atoms with Crippen LogP contribution in [0, 0.1) is 11.3 Å². The van der Waals surface area contributed by atoms with Crippen LogP contribution in [0.4, 0.5) is 4.79 Å². The minimum Gasteiger partial charge on any atom is -0.497 e. The molecule has 0 spiro atoms. The van der Waals surface area contributed by atoms with E-state index in [1.807, 2.05) is 57.2 Å². The highest BCUT2D eigenvalue weighted by Crippen LogP contribution is 2.45. The van der Waals surface area contributed by atoms with Gasteiger partial charge in [0.2, 0.25) is 11.8 Å². The number of ether oxygens (including phenoxy) is 3. The Labute approximate surface area is 370 Å². The highest BCUT2D eigenvalue weighted by Gasteiger charge is 2.61. The first-order valence-electron chi connectivity index (χ1n) is 21.0. The third-order valence-electron chi connectivity index (χ3n) is 11.3. The van der Waals surface area contributed by atoms with Crippen molar-refractivity contribution in [1.29, 1.82) is 0 Å². The summed E-state index contributed by atoms with van der Waals surface area (Å²) in [5.41, 5.74) is -0.650. The van der Waals surface area contributed by atoms with E-state index in [1.165, 1.54) is 23.1 Å². The van der Waals surface area contributed by atoms with Gasteiger partial charge in [-0.1, -0.05) is 90.1 Å². The van der Waals surface area contributed by atoms with Gasteiger partial charge in [0.25, 0.3) is 15.9 Å². The van der Waals surface area contributed by atoms with Gasteiger partial charge in [-0.05, 0) is 67.9 Å². The number of nitrogens with zero attached hydrogens (tertiary/aromatic N) is 2. The molecule has 0 unspecified atom stereocenters. The number of aromatic nitrogens is 1. The molecule has 1 saturated heterocycles. The topological polar surface area (TPSA) is 182 Å². The molecule has 6 rings (SSSR count). The van der Waals surface area contributed by atoms with Gasteiger partial charge >= 0.3 is 6.09 Å². The van der Waals surface area contributed by atoms with E-state index in [-0.39, 0.29) is 29.7 Å². The average Bonchev–Trinajstić information content (AvgIpc) is 3.77. The Balaban J connectivity index is 1.34. The third-order valence-corrected chi connectivity index (χ3v) is 12.6. The second kappa shape index (κ2) is 17.3. The molecule has 63 heavy (non-hydrogen) atoms. The van der Waals surface area contributed by atoms with E-state index >= 15 is 0 Å². The molecule has 336 valence electrons. The number of methoxy groups -OCH3 is 1. The molecule has 1 aliphatic heterocycles. The lowest BCUT2D eigenvalue weighted by Crippen LogP contribution is -2.60. The molecule has 0 bridgehead atoms. The van der Waals surface area contributed by atoms with Gasteiger partial charge < -0.3 is 29.7 Å². The second-order valence-corrected chi connectivity index (χ2v) is 21.1. The zero-order chi connectivity index (χ0) is 46.3. The van der Waals surface area contributed by atoms with E-state index in [4.69, 9.17) is 19.2 Å². The average molecular weight is 882 g/mol. The monoisotopic (exact) mass is 881 g/mol. The van der Waals surface area contributed by atoms with Crippen LogP contribution in [0.5, 0.6) is 11.5 Å². The number of likely N-dealkylation sites (tertiary alicyclic amines) is 1. The Hall–Kier alpha value is -5.96. The van der Waals surface area contributed by atoms with Crippen molar-refractivity contribution in [3.63, 3.8) is 0 Å². The minimum atomic E-state index is -4.35. The van der Waals surface area contributed by atoms with Crippen molar-refractivity contribution in [3.05, 3.63) is 97.1 Å². The van der Waals surface area contributed by atoms with Gasteiger partial charge in [-0.25, -0.2) is 22.9 Å². The van der Waals surface area contributed by atoms with Crippen LogP contribution in [0.2, 0.25) is 0 Å². The number of benzene rings is 3. The predicted octanol–water partition coefficient (Wildman–Crippen LogP) is 7.06. The van der Waals surface area contributed by atoms with E-state index < -0.39 is 74.5 Å². The van der Waals surface area contributed by atoms with E-state index in [2.05, 4.69) is 21.9 Å². The fourth-order valence-corrected chi connectivity index (χ4v) is 8.73. The lowest BCUT2D eigenvalue weighted by atomic mass is 9.85. The smallest absolute Gasteiger partial charge is 0.408 e. The molecule has 3 aromatic carbocycles. The van der Waals surface area contributed by atoms with Gasteiger partial charge in [-0.2, -0.15) is 0 Å². The quantitative estimate of drug-likeness (QED) is 0.125. The SMILES string of the molecule is C=C[C@@H]1C[C@]1(NC(=O)[C@@H]1C[C@@H](Oc2cc(-c3ccccc3)nc3cc(OC)ccc23)CN1C(=O)[C@@H](NC(=O)OC(C)(C)C)C(C)(C)C)C(=O)NS(=O)(=O)c1ccc(C(C)(C)C)cc1. The number of amides is 4. The number of carbonyl (C=O) groups is 4. The van der Waals surface area contributed by atoms with Crippen LogP contribution in [0.15, 0.2) is 96.4 Å². The van der Waals surface area contributed by atoms with Gasteiger partial charge in [0, 0.05) is 35.4 Å². The molecular formula is C48H59N5O9S.